The average Bonchev–Trinajstić information content (AvgIpc) is 2.75. The molecule has 3 nitrogen and oxygen atoms in total. The number of hydrogen-bond donors (Lipinski definition) is 0. The van der Waals surface area contributed by atoms with Crippen molar-refractivity contribution in [2.75, 3.05) is 0 Å². The molecule has 4 heteroatoms. The summed E-state index contributed by atoms with van der Waals surface area (Å²) in [6.07, 6.45) is 2.69. The van der Waals surface area contributed by atoms with E-state index in [4.69, 9.17) is 0 Å². The fourth-order valence-electron chi connectivity index (χ4n) is 1.85. The molecule has 0 aliphatic heterocycles. The molecule has 1 heterocycles. The number of rotatable bonds is 4. The summed E-state index contributed by atoms with van der Waals surface area (Å²) in [7, 11) is 0. The summed E-state index contributed by atoms with van der Waals surface area (Å²) in [6, 6.07) is 8.09. The van der Waals surface area contributed by atoms with Crippen LogP contribution in [0.25, 0.3) is 0 Å². The molecular weight excluding hydrogens is 292 g/mol. The van der Waals surface area contributed by atoms with Crippen LogP contribution in [0.1, 0.15) is 41.4 Å². The Bertz CT molecular complexity index is 543. The molecule has 0 bridgehead atoms. The van der Waals surface area contributed by atoms with Gasteiger partial charge in [0.1, 0.15) is 0 Å². The van der Waals surface area contributed by atoms with Crippen LogP contribution in [0.3, 0.4) is 0 Å². The lowest BCUT2D eigenvalue weighted by atomic mass is 10.1. The average molecular weight is 307 g/mol. The number of carbonyl (C=O) groups is 1. The molecule has 18 heavy (non-hydrogen) atoms. The van der Waals surface area contributed by atoms with Gasteiger partial charge in [-0.25, -0.2) is 0 Å². The van der Waals surface area contributed by atoms with Crippen LogP contribution < -0.4 is 0 Å². The Balaban J connectivity index is 2.24. The molecular formula is C14H15BrN2O. The predicted molar refractivity (Wildman–Crippen MR) is 74.9 cm³/mol. The van der Waals surface area contributed by atoms with Gasteiger partial charge in [-0.05, 0) is 23.6 Å². The molecule has 0 fully saturated rings. The molecule has 2 aromatic rings. The number of hydrogen-bond acceptors (Lipinski definition) is 2. The lowest BCUT2D eigenvalue weighted by Crippen LogP contribution is -2.01. The highest BCUT2D eigenvalue weighted by molar-refractivity contribution is 9.10. The van der Waals surface area contributed by atoms with E-state index in [9.17, 15) is 4.79 Å². The molecule has 1 aromatic carbocycles. The van der Waals surface area contributed by atoms with E-state index in [1.807, 2.05) is 49.0 Å². The van der Waals surface area contributed by atoms with Crippen molar-refractivity contribution in [2.45, 2.75) is 26.3 Å². The number of aldehydes is 1. The van der Waals surface area contributed by atoms with E-state index >= 15 is 0 Å². The largest absolute Gasteiger partial charge is 0.298 e. The van der Waals surface area contributed by atoms with Gasteiger partial charge >= 0.3 is 0 Å². The van der Waals surface area contributed by atoms with Crippen LogP contribution in [0.4, 0.5) is 0 Å². The highest BCUT2D eigenvalue weighted by atomic mass is 79.9. The number of nitrogens with zero attached hydrogens (tertiary/aromatic N) is 2. The molecule has 0 saturated carbocycles. The molecule has 0 radical (unpaired) electrons. The number of carbonyl (C=O) groups excluding carboxylic acids is 1. The van der Waals surface area contributed by atoms with Gasteiger partial charge in [0, 0.05) is 10.7 Å². The molecule has 0 aliphatic carbocycles. The van der Waals surface area contributed by atoms with Crippen molar-refractivity contribution in [3.63, 3.8) is 0 Å². The highest BCUT2D eigenvalue weighted by Gasteiger charge is 2.11. The lowest BCUT2D eigenvalue weighted by Gasteiger charge is -2.03. The van der Waals surface area contributed by atoms with Gasteiger partial charge in [-0.1, -0.05) is 41.9 Å². The SMILES string of the molecule is CC(C)c1nn(Cc2ccc(Br)cc2)cc1C=O. The van der Waals surface area contributed by atoms with Gasteiger partial charge in [-0.3, -0.25) is 9.48 Å². The molecule has 0 amide bonds. The Hall–Kier alpha value is -1.42. The summed E-state index contributed by atoms with van der Waals surface area (Å²) in [5.41, 5.74) is 2.71. The molecule has 0 unspecified atom stereocenters. The molecule has 0 saturated heterocycles. The fraction of sp³-hybridized carbons (Fsp3) is 0.286. The molecule has 94 valence electrons. The zero-order chi connectivity index (χ0) is 13.1. The van der Waals surface area contributed by atoms with Gasteiger partial charge < -0.3 is 0 Å². The van der Waals surface area contributed by atoms with E-state index in [2.05, 4.69) is 21.0 Å². The van der Waals surface area contributed by atoms with Crippen molar-refractivity contribution in [1.29, 1.82) is 0 Å². The summed E-state index contributed by atoms with van der Waals surface area (Å²) < 4.78 is 2.88. The molecule has 2 rings (SSSR count). The first-order chi connectivity index (χ1) is 8.60. The topological polar surface area (TPSA) is 34.9 Å². The van der Waals surface area contributed by atoms with Crippen LogP contribution in [0.15, 0.2) is 34.9 Å². The Morgan fingerprint density at radius 3 is 2.50 bits per heavy atom. The normalized spacial score (nSPS) is 10.9. The lowest BCUT2D eigenvalue weighted by molar-refractivity contribution is 0.112. The van der Waals surface area contributed by atoms with Gasteiger partial charge in [0.2, 0.25) is 0 Å². The third kappa shape index (κ3) is 2.88. The zero-order valence-electron chi connectivity index (χ0n) is 10.4. The van der Waals surface area contributed by atoms with Gasteiger partial charge in [-0.2, -0.15) is 5.10 Å². The van der Waals surface area contributed by atoms with Crippen molar-refractivity contribution >= 4 is 22.2 Å². The summed E-state index contributed by atoms with van der Waals surface area (Å²) in [5, 5.41) is 4.47. The van der Waals surface area contributed by atoms with E-state index in [0.717, 1.165) is 22.0 Å². The summed E-state index contributed by atoms with van der Waals surface area (Å²) in [5.74, 6) is 0.261. The summed E-state index contributed by atoms with van der Waals surface area (Å²) >= 11 is 3.41. The molecule has 0 aliphatic rings. The van der Waals surface area contributed by atoms with E-state index in [1.54, 1.807) is 0 Å². The second kappa shape index (κ2) is 5.48. The van der Waals surface area contributed by atoms with Crippen molar-refractivity contribution in [3.05, 3.63) is 51.8 Å². The third-order valence-electron chi connectivity index (χ3n) is 2.75. The zero-order valence-corrected chi connectivity index (χ0v) is 12.0. The predicted octanol–water partition coefficient (Wildman–Crippen LogP) is 3.63. The van der Waals surface area contributed by atoms with Gasteiger partial charge in [-0.15, -0.1) is 0 Å². The van der Waals surface area contributed by atoms with E-state index < -0.39 is 0 Å². The maximum absolute atomic E-state index is 11.0. The number of benzene rings is 1. The van der Waals surface area contributed by atoms with Crippen molar-refractivity contribution < 1.29 is 4.79 Å². The van der Waals surface area contributed by atoms with E-state index in [-0.39, 0.29) is 5.92 Å². The highest BCUT2D eigenvalue weighted by Crippen LogP contribution is 2.17. The first-order valence-corrected chi connectivity index (χ1v) is 6.66. The number of aromatic nitrogens is 2. The molecule has 0 atom stereocenters. The standard InChI is InChI=1S/C14H15BrN2O/c1-10(2)14-12(9-18)8-17(16-14)7-11-3-5-13(15)6-4-11/h3-6,8-10H,7H2,1-2H3. The number of halogens is 1. The van der Waals surface area contributed by atoms with Gasteiger partial charge in [0.05, 0.1) is 17.8 Å². The van der Waals surface area contributed by atoms with Gasteiger partial charge in [0.25, 0.3) is 0 Å². The van der Waals surface area contributed by atoms with Gasteiger partial charge in [0.15, 0.2) is 6.29 Å². The second-order valence-electron chi connectivity index (χ2n) is 4.57. The third-order valence-corrected chi connectivity index (χ3v) is 3.28. The van der Waals surface area contributed by atoms with Crippen LogP contribution in [0.2, 0.25) is 0 Å². The minimum absolute atomic E-state index is 0.261. The minimum Gasteiger partial charge on any atom is -0.298 e. The Morgan fingerprint density at radius 1 is 1.33 bits per heavy atom. The Labute approximate surface area is 115 Å². The van der Waals surface area contributed by atoms with Crippen LogP contribution >= 0.6 is 15.9 Å². The Morgan fingerprint density at radius 2 is 2.00 bits per heavy atom. The summed E-state index contributed by atoms with van der Waals surface area (Å²) in [6.45, 7) is 4.76. The quantitative estimate of drug-likeness (QED) is 0.809. The molecule has 0 spiro atoms. The molecule has 0 N–H and O–H groups in total. The first-order valence-electron chi connectivity index (χ1n) is 5.87. The Kier molecular flexibility index (Phi) is 3.97. The second-order valence-corrected chi connectivity index (χ2v) is 5.48. The van der Waals surface area contributed by atoms with Crippen LogP contribution in [-0.4, -0.2) is 16.1 Å². The van der Waals surface area contributed by atoms with Crippen LogP contribution in [0.5, 0.6) is 0 Å². The van der Waals surface area contributed by atoms with Crippen molar-refractivity contribution in [3.8, 4) is 0 Å². The van der Waals surface area contributed by atoms with E-state index in [1.165, 1.54) is 0 Å². The fourth-order valence-corrected chi connectivity index (χ4v) is 2.11. The van der Waals surface area contributed by atoms with Crippen LogP contribution in [0, 0.1) is 0 Å². The maximum atomic E-state index is 11.0. The molecule has 1 aromatic heterocycles. The minimum atomic E-state index is 0.261. The van der Waals surface area contributed by atoms with Crippen molar-refractivity contribution in [2.24, 2.45) is 0 Å². The van der Waals surface area contributed by atoms with Crippen LogP contribution in [-0.2, 0) is 6.54 Å². The van der Waals surface area contributed by atoms with Crippen molar-refractivity contribution in [1.82, 2.24) is 9.78 Å². The smallest absolute Gasteiger partial charge is 0.153 e. The first kappa shape index (κ1) is 13.0. The summed E-state index contributed by atoms with van der Waals surface area (Å²) in [4.78, 5) is 11.0. The monoisotopic (exact) mass is 306 g/mol. The maximum Gasteiger partial charge on any atom is 0.153 e. The van der Waals surface area contributed by atoms with E-state index in [0.29, 0.717) is 12.1 Å².